The highest BCUT2D eigenvalue weighted by Crippen LogP contribution is 2.36. The van der Waals surface area contributed by atoms with Crippen molar-refractivity contribution in [1.82, 2.24) is 10.2 Å². The van der Waals surface area contributed by atoms with Crippen LogP contribution in [0, 0.1) is 0 Å². The third kappa shape index (κ3) is 1.27. The van der Waals surface area contributed by atoms with Gasteiger partial charge in [-0.2, -0.15) is 0 Å². The second kappa shape index (κ2) is 3.35. The van der Waals surface area contributed by atoms with Crippen molar-refractivity contribution in [3.05, 3.63) is 0 Å². The van der Waals surface area contributed by atoms with Crippen molar-refractivity contribution in [1.29, 1.82) is 0 Å². The maximum atomic E-state index is 4.44. The number of hydrogen-bond donors (Lipinski definition) is 0. The fraction of sp³-hybridized carbons (Fsp3) is 1.00. The summed E-state index contributed by atoms with van der Waals surface area (Å²) in [6.07, 6.45) is 5.48. The molecule has 2 rings (SSSR count). The Labute approximate surface area is 75.3 Å². The van der Waals surface area contributed by atoms with E-state index < -0.39 is 0 Å². The monoisotopic (exact) mass is 167 g/mol. The number of rotatable bonds is 1. The summed E-state index contributed by atoms with van der Waals surface area (Å²) in [7, 11) is 0. The van der Waals surface area contributed by atoms with Crippen molar-refractivity contribution in [2.45, 2.75) is 38.1 Å². The van der Waals surface area contributed by atoms with Crippen LogP contribution in [0.25, 0.3) is 0 Å². The second-order valence-electron chi connectivity index (χ2n) is 4.08. The van der Waals surface area contributed by atoms with Crippen LogP contribution in [0.5, 0.6) is 0 Å². The Kier molecular flexibility index (Phi) is 2.37. The molecule has 12 heavy (non-hydrogen) atoms. The Morgan fingerprint density at radius 2 is 2.00 bits per heavy atom. The minimum atomic E-state index is 0.580. The lowest BCUT2D eigenvalue weighted by Crippen LogP contribution is -2.49. The van der Waals surface area contributed by atoms with Gasteiger partial charge in [-0.1, -0.05) is 6.92 Å². The smallest absolute Gasteiger partial charge is 0.0235 e. The quantitative estimate of drug-likeness (QED) is 0.574. The average molecular weight is 167 g/mol. The molecule has 0 aromatic carbocycles. The molecule has 0 aromatic rings. The highest BCUT2D eigenvalue weighted by atomic mass is 15.2. The highest BCUT2D eigenvalue weighted by molar-refractivity contribution is 4.98. The molecule has 0 unspecified atom stereocenters. The molecule has 0 atom stereocenters. The Bertz CT molecular complexity index is 150. The van der Waals surface area contributed by atoms with Gasteiger partial charge in [-0.05, 0) is 38.8 Å². The molecule has 0 bridgehead atoms. The molecule has 1 spiro atoms. The molecule has 2 aliphatic heterocycles. The molecule has 2 nitrogen and oxygen atoms in total. The van der Waals surface area contributed by atoms with Crippen molar-refractivity contribution in [2.75, 3.05) is 26.2 Å². The summed E-state index contributed by atoms with van der Waals surface area (Å²) < 4.78 is 0. The van der Waals surface area contributed by atoms with E-state index in [2.05, 4.69) is 17.1 Å². The number of hydrogen-bond acceptors (Lipinski definition) is 1. The van der Waals surface area contributed by atoms with Crippen LogP contribution in [0.4, 0.5) is 0 Å². The molecule has 0 aromatic heterocycles. The number of likely N-dealkylation sites (tertiary alicyclic amines) is 1. The van der Waals surface area contributed by atoms with Gasteiger partial charge in [0, 0.05) is 18.6 Å². The van der Waals surface area contributed by atoms with E-state index in [-0.39, 0.29) is 0 Å². The predicted molar refractivity (Wildman–Crippen MR) is 50.3 cm³/mol. The fourth-order valence-electron chi connectivity index (χ4n) is 2.87. The Hall–Kier alpha value is -0.0800. The van der Waals surface area contributed by atoms with Gasteiger partial charge in [0.05, 0.1) is 0 Å². The summed E-state index contributed by atoms with van der Waals surface area (Å²) in [5, 5.41) is 4.44. The zero-order chi connectivity index (χ0) is 8.44. The maximum absolute atomic E-state index is 4.44. The molecule has 2 fully saturated rings. The summed E-state index contributed by atoms with van der Waals surface area (Å²) in [4.78, 5) is 2.68. The first-order valence-electron chi connectivity index (χ1n) is 5.26. The molecule has 0 N–H and O–H groups in total. The third-order valence-corrected chi connectivity index (χ3v) is 3.59. The predicted octanol–water partition coefficient (Wildman–Crippen LogP) is 1.24. The minimum absolute atomic E-state index is 0.580. The molecule has 1 radical (unpaired) electrons. The SMILES string of the molecule is CCN1CCCC12CC[N]CC2. The van der Waals surface area contributed by atoms with Gasteiger partial charge < -0.3 is 0 Å². The Balaban J connectivity index is 2.05. The van der Waals surface area contributed by atoms with Crippen LogP contribution in [0.3, 0.4) is 0 Å². The van der Waals surface area contributed by atoms with Gasteiger partial charge in [-0.3, -0.25) is 4.90 Å². The van der Waals surface area contributed by atoms with Crippen molar-refractivity contribution in [3.8, 4) is 0 Å². The summed E-state index contributed by atoms with van der Waals surface area (Å²) in [6, 6.07) is 0. The zero-order valence-electron chi connectivity index (χ0n) is 8.05. The van der Waals surface area contributed by atoms with E-state index in [0.29, 0.717) is 5.54 Å². The second-order valence-corrected chi connectivity index (χ2v) is 4.08. The third-order valence-electron chi connectivity index (χ3n) is 3.59. The molecule has 0 aliphatic carbocycles. The molecule has 2 aliphatic rings. The molecular weight excluding hydrogens is 148 g/mol. The fourth-order valence-corrected chi connectivity index (χ4v) is 2.87. The van der Waals surface area contributed by atoms with Gasteiger partial charge in [0.15, 0.2) is 0 Å². The van der Waals surface area contributed by atoms with E-state index in [1.165, 1.54) is 38.8 Å². The lowest BCUT2D eigenvalue weighted by molar-refractivity contribution is 0.105. The van der Waals surface area contributed by atoms with Crippen LogP contribution < -0.4 is 5.32 Å². The van der Waals surface area contributed by atoms with Crippen LogP contribution in [0.15, 0.2) is 0 Å². The zero-order valence-corrected chi connectivity index (χ0v) is 8.05. The molecule has 0 saturated carbocycles. The first kappa shape index (κ1) is 8.52. The highest BCUT2D eigenvalue weighted by Gasteiger charge is 2.40. The van der Waals surface area contributed by atoms with Gasteiger partial charge in [0.25, 0.3) is 0 Å². The minimum Gasteiger partial charge on any atom is -0.298 e. The van der Waals surface area contributed by atoms with Gasteiger partial charge in [-0.25, -0.2) is 5.32 Å². The summed E-state index contributed by atoms with van der Waals surface area (Å²) >= 11 is 0. The molecule has 2 heterocycles. The molecule has 2 saturated heterocycles. The van der Waals surface area contributed by atoms with Gasteiger partial charge in [0.1, 0.15) is 0 Å². The molecule has 2 heteroatoms. The van der Waals surface area contributed by atoms with Crippen LogP contribution in [-0.4, -0.2) is 36.6 Å². The largest absolute Gasteiger partial charge is 0.298 e. The Morgan fingerprint density at radius 3 is 2.67 bits per heavy atom. The first-order chi connectivity index (χ1) is 5.87. The lowest BCUT2D eigenvalue weighted by Gasteiger charge is -2.41. The molecule has 69 valence electrons. The van der Waals surface area contributed by atoms with E-state index in [9.17, 15) is 0 Å². The summed E-state index contributed by atoms with van der Waals surface area (Å²) in [5.74, 6) is 0. The van der Waals surface area contributed by atoms with E-state index in [4.69, 9.17) is 0 Å². The van der Waals surface area contributed by atoms with Crippen LogP contribution in [0.1, 0.15) is 32.6 Å². The Morgan fingerprint density at radius 1 is 1.25 bits per heavy atom. The van der Waals surface area contributed by atoms with Gasteiger partial charge in [0.2, 0.25) is 0 Å². The molecular formula is C10H19N2. The normalized spacial score (nSPS) is 29.8. The number of nitrogens with zero attached hydrogens (tertiary/aromatic N) is 2. The van der Waals surface area contributed by atoms with Crippen LogP contribution in [-0.2, 0) is 0 Å². The van der Waals surface area contributed by atoms with E-state index in [0.717, 1.165) is 13.1 Å². The van der Waals surface area contributed by atoms with E-state index in [1.54, 1.807) is 0 Å². The standard InChI is InChI=1S/C10H19N2/c1-2-12-9-3-4-10(12)5-7-11-8-6-10/h2-9H2,1H3. The number of piperidine rings is 1. The van der Waals surface area contributed by atoms with Crippen molar-refractivity contribution in [2.24, 2.45) is 0 Å². The van der Waals surface area contributed by atoms with Crippen molar-refractivity contribution in [3.63, 3.8) is 0 Å². The van der Waals surface area contributed by atoms with Crippen molar-refractivity contribution < 1.29 is 0 Å². The van der Waals surface area contributed by atoms with E-state index in [1.807, 2.05) is 0 Å². The summed E-state index contributed by atoms with van der Waals surface area (Å²) in [5.41, 5.74) is 0.580. The van der Waals surface area contributed by atoms with E-state index >= 15 is 0 Å². The maximum Gasteiger partial charge on any atom is 0.0235 e. The van der Waals surface area contributed by atoms with Crippen LogP contribution in [0.2, 0.25) is 0 Å². The lowest BCUT2D eigenvalue weighted by atomic mass is 9.86. The van der Waals surface area contributed by atoms with Gasteiger partial charge >= 0.3 is 0 Å². The topological polar surface area (TPSA) is 17.3 Å². The van der Waals surface area contributed by atoms with Gasteiger partial charge in [-0.15, -0.1) is 0 Å². The van der Waals surface area contributed by atoms with Crippen LogP contribution >= 0.6 is 0 Å². The average Bonchev–Trinajstić information content (AvgIpc) is 2.49. The summed E-state index contributed by atoms with van der Waals surface area (Å²) in [6.45, 7) is 7.07. The van der Waals surface area contributed by atoms with Crippen molar-refractivity contribution >= 4 is 0 Å². The first-order valence-corrected chi connectivity index (χ1v) is 5.26. The molecule has 0 amide bonds.